The van der Waals surface area contributed by atoms with Crippen LogP contribution in [0.1, 0.15) is 24.5 Å². The zero-order chi connectivity index (χ0) is 21.0. The van der Waals surface area contributed by atoms with E-state index in [2.05, 4.69) is 15.5 Å². The van der Waals surface area contributed by atoms with Crippen molar-refractivity contribution < 1.29 is 18.0 Å². The molecule has 1 amide bonds. The molecule has 0 bridgehead atoms. The molecule has 1 atom stereocenters. The average molecular weight is 443 g/mol. The molecule has 0 unspecified atom stereocenters. The Hall–Kier alpha value is -2.26. The lowest BCUT2D eigenvalue weighted by atomic mass is 10.1. The third kappa shape index (κ3) is 5.63. The van der Waals surface area contributed by atoms with Gasteiger partial charge < -0.3 is 5.32 Å². The van der Waals surface area contributed by atoms with Gasteiger partial charge in [-0.25, -0.2) is 0 Å². The Bertz CT molecular complexity index is 994. The Labute approximate surface area is 174 Å². The van der Waals surface area contributed by atoms with Crippen LogP contribution in [0.15, 0.2) is 47.8 Å². The first-order valence-electron chi connectivity index (χ1n) is 8.81. The predicted molar refractivity (Wildman–Crippen MR) is 106 cm³/mol. The summed E-state index contributed by atoms with van der Waals surface area (Å²) in [4.78, 5) is 12.2. The van der Waals surface area contributed by atoms with Gasteiger partial charge in [0, 0.05) is 12.2 Å². The van der Waals surface area contributed by atoms with E-state index in [9.17, 15) is 18.0 Å². The zero-order valence-corrected chi connectivity index (χ0v) is 17.0. The predicted octanol–water partition coefficient (Wildman–Crippen LogP) is 4.63. The third-order valence-corrected chi connectivity index (χ3v) is 5.43. The van der Waals surface area contributed by atoms with Gasteiger partial charge in [-0.2, -0.15) is 13.2 Å². The number of nitrogens with one attached hydrogen (secondary N) is 1. The second kappa shape index (κ2) is 9.04. The molecule has 2 aromatic heterocycles. The van der Waals surface area contributed by atoms with Gasteiger partial charge in [0.1, 0.15) is 0 Å². The molecule has 2 heterocycles. The molecule has 1 N–H and O–H groups in total. The van der Waals surface area contributed by atoms with Gasteiger partial charge in [0.2, 0.25) is 5.91 Å². The van der Waals surface area contributed by atoms with Crippen LogP contribution in [0.5, 0.6) is 0 Å². The van der Waals surface area contributed by atoms with E-state index in [-0.39, 0.29) is 33.5 Å². The van der Waals surface area contributed by atoms with E-state index >= 15 is 0 Å². The Kier molecular flexibility index (Phi) is 6.69. The van der Waals surface area contributed by atoms with Gasteiger partial charge in [-0.15, -0.1) is 10.2 Å². The molecule has 0 fully saturated rings. The van der Waals surface area contributed by atoms with E-state index in [0.717, 1.165) is 41.3 Å². The van der Waals surface area contributed by atoms with Crippen LogP contribution < -0.4 is 5.32 Å². The number of fused-ring (bicyclic) bond motifs is 1. The van der Waals surface area contributed by atoms with Crippen LogP contribution >= 0.6 is 23.4 Å². The van der Waals surface area contributed by atoms with Gasteiger partial charge in [0.15, 0.2) is 10.8 Å². The van der Waals surface area contributed by atoms with Crippen LogP contribution in [0, 0.1) is 0 Å². The molecule has 5 nitrogen and oxygen atoms in total. The molecule has 3 rings (SSSR count). The fraction of sp³-hybridized carbons (Fsp3) is 0.316. The first-order valence-corrected chi connectivity index (χ1v) is 10.2. The van der Waals surface area contributed by atoms with Gasteiger partial charge in [-0.05, 0) is 31.4 Å². The van der Waals surface area contributed by atoms with Crippen molar-refractivity contribution in [3.8, 4) is 0 Å². The minimum atomic E-state index is -4.55. The summed E-state index contributed by atoms with van der Waals surface area (Å²) in [6.07, 6.45) is -2.05. The molecule has 0 saturated heterocycles. The summed E-state index contributed by atoms with van der Waals surface area (Å²) < 4.78 is 40.2. The van der Waals surface area contributed by atoms with E-state index in [4.69, 9.17) is 11.6 Å². The highest BCUT2D eigenvalue weighted by molar-refractivity contribution is 7.99. The topological polar surface area (TPSA) is 59.3 Å². The zero-order valence-electron chi connectivity index (χ0n) is 15.4. The summed E-state index contributed by atoms with van der Waals surface area (Å²) in [5.41, 5.74) is 0.393. The maximum atomic E-state index is 13.0. The standard InChI is InChI=1S/C19H18ClF3N4OS/c1-12(7-8-13-5-3-2-4-6-13)24-16(28)11-29-18-26-25-17-15(20)9-14(10-27(17)18)19(21,22)23/h2-6,9-10,12H,7-8,11H2,1H3,(H,24,28)/t12-/m1/s1. The number of hydrogen-bond acceptors (Lipinski definition) is 4. The summed E-state index contributed by atoms with van der Waals surface area (Å²) in [6, 6.07) is 10.7. The largest absolute Gasteiger partial charge is 0.417 e. The summed E-state index contributed by atoms with van der Waals surface area (Å²) in [5, 5.41) is 10.6. The molecule has 3 aromatic rings. The SMILES string of the molecule is C[C@H](CCc1ccccc1)NC(=O)CSc1nnc2c(Cl)cc(C(F)(F)F)cn12. The number of halogens is 4. The molecule has 0 saturated carbocycles. The average Bonchev–Trinajstić information content (AvgIpc) is 3.08. The van der Waals surface area contributed by atoms with Gasteiger partial charge in [-0.1, -0.05) is 53.7 Å². The third-order valence-electron chi connectivity index (χ3n) is 4.20. The minimum absolute atomic E-state index is 0.00430. The van der Waals surface area contributed by atoms with E-state index in [1.165, 1.54) is 5.56 Å². The molecule has 0 spiro atoms. The summed E-state index contributed by atoms with van der Waals surface area (Å²) in [5.74, 6) is -0.227. The first-order chi connectivity index (χ1) is 13.7. The van der Waals surface area contributed by atoms with Crippen molar-refractivity contribution in [2.75, 3.05) is 5.75 Å². The highest BCUT2D eigenvalue weighted by atomic mass is 35.5. The lowest BCUT2D eigenvalue weighted by Crippen LogP contribution is -2.34. The molecule has 154 valence electrons. The Balaban J connectivity index is 1.58. The number of benzene rings is 1. The van der Waals surface area contributed by atoms with Crippen LogP contribution in [-0.2, 0) is 17.4 Å². The number of hydrogen-bond donors (Lipinski definition) is 1. The summed E-state index contributed by atoms with van der Waals surface area (Å²) in [6.45, 7) is 1.91. The van der Waals surface area contributed by atoms with Crippen molar-refractivity contribution in [2.45, 2.75) is 37.1 Å². The number of rotatable bonds is 7. The molecule has 0 radical (unpaired) electrons. The maximum absolute atomic E-state index is 13.0. The van der Waals surface area contributed by atoms with Gasteiger partial charge >= 0.3 is 6.18 Å². The second-order valence-electron chi connectivity index (χ2n) is 6.53. The maximum Gasteiger partial charge on any atom is 0.417 e. The molecule has 10 heteroatoms. The monoisotopic (exact) mass is 442 g/mol. The van der Waals surface area contributed by atoms with Crippen LogP contribution in [0.4, 0.5) is 13.2 Å². The number of nitrogens with zero attached hydrogens (tertiary/aromatic N) is 3. The highest BCUT2D eigenvalue weighted by Gasteiger charge is 2.32. The number of thioether (sulfide) groups is 1. The lowest BCUT2D eigenvalue weighted by Gasteiger charge is -2.13. The van der Waals surface area contributed by atoms with Crippen molar-refractivity contribution in [2.24, 2.45) is 0 Å². The number of amides is 1. The number of aromatic nitrogens is 3. The van der Waals surface area contributed by atoms with E-state index < -0.39 is 11.7 Å². The van der Waals surface area contributed by atoms with Crippen molar-refractivity contribution in [1.82, 2.24) is 19.9 Å². The molecule has 1 aromatic carbocycles. The highest BCUT2D eigenvalue weighted by Crippen LogP contribution is 2.33. The Morgan fingerprint density at radius 2 is 2.00 bits per heavy atom. The van der Waals surface area contributed by atoms with Crippen molar-refractivity contribution in [3.63, 3.8) is 0 Å². The number of alkyl halides is 3. The molecule has 0 aliphatic rings. The normalized spacial score (nSPS) is 12.9. The first kappa shape index (κ1) is 21.4. The Morgan fingerprint density at radius 1 is 1.28 bits per heavy atom. The Morgan fingerprint density at radius 3 is 2.69 bits per heavy atom. The number of carbonyl (C=O) groups is 1. The summed E-state index contributed by atoms with van der Waals surface area (Å²) in [7, 11) is 0. The van der Waals surface area contributed by atoms with E-state index in [0.29, 0.717) is 0 Å². The van der Waals surface area contributed by atoms with Gasteiger partial charge in [0.05, 0.1) is 16.3 Å². The van der Waals surface area contributed by atoms with Crippen molar-refractivity contribution >= 4 is 34.9 Å². The molecular weight excluding hydrogens is 425 g/mol. The number of carbonyl (C=O) groups excluding carboxylic acids is 1. The van der Waals surface area contributed by atoms with Gasteiger partial charge in [-0.3, -0.25) is 9.20 Å². The van der Waals surface area contributed by atoms with Crippen LogP contribution in [0.25, 0.3) is 5.65 Å². The van der Waals surface area contributed by atoms with Crippen molar-refractivity contribution in [3.05, 3.63) is 58.7 Å². The minimum Gasteiger partial charge on any atom is -0.353 e. The van der Waals surface area contributed by atoms with Crippen LogP contribution in [-0.4, -0.2) is 32.3 Å². The smallest absolute Gasteiger partial charge is 0.353 e. The molecule has 29 heavy (non-hydrogen) atoms. The second-order valence-corrected chi connectivity index (χ2v) is 7.88. The lowest BCUT2D eigenvalue weighted by molar-refractivity contribution is -0.137. The molecular formula is C19H18ClF3N4OS. The van der Waals surface area contributed by atoms with Crippen LogP contribution in [0.2, 0.25) is 5.02 Å². The number of pyridine rings is 1. The molecule has 0 aliphatic heterocycles. The van der Waals surface area contributed by atoms with E-state index in [1.54, 1.807) is 0 Å². The fourth-order valence-corrected chi connectivity index (χ4v) is 3.70. The quantitative estimate of drug-likeness (QED) is 0.542. The fourth-order valence-electron chi connectivity index (χ4n) is 2.73. The van der Waals surface area contributed by atoms with Gasteiger partial charge in [0.25, 0.3) is 0 Å². The van der Waals surface area contributed by atoms with E-state index in [1.807, 2.05) is 37.3 Å². The summed E-state index contributed by atoms with van der Waals surface area (Å²) >= 11 is 6.89. The van der Waals surface area contributed by atoms with Crippen LogP contribution in [0.3, 0.4) is 0 Å². The van der Waals surface area contributed by atoms with Crippen molar-refractivity contribution in [1.29, 1.82) is 0 Å². The molecule has 0 aliphatic carbocycles. The number of aryl methyl sites for hydroxylation is 1.